The van der Waals surface area contributed by atoms with Crippen LogP contribution >= 0.6 is 0 Å². The Hall–Kier alpha value is -1.55. The van der Waals surface area contributed by atoms with E-state index in [9.17, 15) is 13.2 Å². The molecule has 0 aromatic rings. The van der Waals surface area contributed by atoms with Crippen molar-refractivity contribution in [3.05, 3.63) is 0 Å². The third-order valence-corrected chi connectivity index (χ3v) is 4.28. The van der Waals surface area contributed by atoms with E-state index in [1.807, 2.05) is 25.7 Å². The lowest BCUT2D eigenvalue weighted by Gasteiger charge is -2.36. The lowest BCUT2D eigenvalue weighted by atomic mass is 10.1. The summed E-state index contributed by atoms with van der Waals surface area (Å²) in [5.74, 6) is 0.340. The summed E-state index contributed by atoms with van der Waals surface area (Å²) in [5.41, 5.74) is 4.76. The van der Waals surface area contributed by atoms with Gasteiger partial charge < -0.3 is 20.3 Å². The maximum Gasteiger partial charge on any atom is 0.410 e. The van der Waals surface area contributed by atoms with Gasteiger partial charge in [-0.3, -0.25) is 4.99 Å². The van der Waals surface area contributed by atoms with E-state index in [1.54, 1.807) is 18.7 Å². The van der Waals surface area contributed by atoms with E-state index in [4.69, 9.17) is 10.5 Å². The van der Waals surface area contributed by atoms with Gasteiger partial charge in [-0.05, 0) is 34.6 Å². The minimum Gasteiger partial charge on any atom is -0.444 e. The molecule has 1 heterocycles. The highest BCUT2D eigenvalue weighted by Crippen LogP contribution is 2.12. The molecule has 10 heteroatoms. The summed E-state index contributed by atoms with van der Waals surface area (Å²) in [6.07, 6.45) is 0.777. The standard InChI is InChI=1S/C15H31N5O4S/c1-14(2,3)24-13(21)20-9-7-19(8-10-20)12(16)17-11-15(4,5)18-25(6,22)23/h18H,7-11H2,1-6H3,(H2,16,17). The summed E-state index contributed by atoms with van der Waals surface area (Å²) in [6, 6.07) is 0. The van der Waals surface area contributed by atoms with Gasteiger partial charge in [-0.15, -0.1) is 0 Å². The van der Waals surface area contributed by atoms with Gasteiger partial charge >= 0.3 is 6.09 Å². The molecule has 0 aromatic heterocycles. The zero-order chi connectivity index (χ0) is 19.5. The summed E-state index contributed by atoms with van der Waals surface area (Å²) in [7, 11) is -3.32. The van der Waals surface area contributed by atoms with Crippen LogP contribution in [0.4, 0.5) is 4.79 Å². The first-order valence-corrected chi connectivity index (χ1v) is 10.1. The maximum absolute atomic E-state index is 12.0. The van der Waals surface area contributed by atoms with Gasteiger partial charge in [0.05, 0.1) is 12.8 Å². The van der Waals surface area contributed by atoms with Crippen molar-refractivity contribution in [1.29, 1.82) is 0 Å². The molecule has 1 amide bonds. The second-order valence-corrected chi connectivity index (χ2v) is 9.64. The smallest absolute Gasteiger partial charge is 0.410 e. The Balaban J connectivity index is 2.55. The van der Waals surface area contributed by atoms with E-state index in [2.05, 4.69) is 9.71 Å². The molecule has 3 N–H and O–H groups in total. The van der Waals surface area contributed by atoms with Crippen molar-refractivity contribution >= 4 is 22.1 Å². The van der Waals surface area contributed by atoms with E-state index < -0.39 is 21.2 Å². The Morgan fingerprint density at radius 2 is 1.60 bits per heavy atom. The van der Waals surface area contributed by atoms with E-state index in [-0.39, 0.29) is 12.6 Å². The molecule has 1 aliphatic heterocycles. The second-order valence-electron chi connectivity index (χ2n) is 7.89. The summed E-state index contributed by atoms with van der Waals surface area (Å²) >= 11 is 0. The molecule has 0 atom stereocenters. The van der Waals surface area contributed by atoms with Crippen molar-refractivity contribution in [2.24, 2.45) is 10.7 Å². The lowest BCUT2D eigenvalue weighted by Crippen LogP contribution is -2.54. The highest BCUT2D eigenvalue weighted by atomic mass is 32.2. The highest BCUT2D eigenvalue weighted by Gasteiger charge is 2.27. The van der Waals surface area contributed by atoms with Crippen LogP contribution in [0.3, 0.4) is 0 Å². The maximum atomic E-state index is 12.0. The number of piperazine rings is 1. The number of sulfonamides is 1. The molecule has 0 aliphatic carbocycles. The largest absolute Gasteiger partial charge is 0.444 e. The number of hydrogen-bond donors (Lipinski definition) is 2. The first-order chi connectivity index (χ1) is 11.2. The van der Waals surface area contributed by atoms with Crippen LogP contribution < -0.4 is 10.5 Å². The summed E-state index contributed by atoms with van der Waals surface area (Å²) in [6.45, 7) is 11.3. The van der Waals surface area contributed by atoms with Crippen LogP contribution in [0.1, 0.15) is 34.6 Å². The molecule has 9 nitrogen and oxygen atoms in total. The minimum absolute atomic E-state index is 0.220. The molecule has 25 heavy (non-hydrogen) atoms. The Morgan fingerprint density at radius 1 is 1.12 bits per heavy atom. The third kappa shape index (κ3) is 8.39. The molecule has 0 radical (unpaired) electrons. The number of carbonyl (C=O) groups excluding carboxylic acids is 1. The second kappa shape index (κ2) is 7.77. The van der Waals surface area contributed by atoms with E-state index in [1.165, 1.54) is 0 Å². The SMILES string of the molecule is CC(C)(CN=C(N)N1CCN(C(=O)OC(C)(C)C)CC1)NS(C)(=O)=O. The fourth-order valence-corrected chi connectivity index (χ4v) is 3.43. The van der Waals surface area contributed by atoms with Crippen molar-refractivity contribution in [2.45, 2.75) is 45.8 Å². The molecule has 146 valence electrons. The predicted octanol–water partition coefficient (Wildman–Crippen LogP) is 0.182. The Labute approximate surface area is 150 Å². The van der Waals surface area contributed by atoms with Gasteiger partial charge in [0.1, 0.15) is 5.60 Å². The summed E-state index contributed by atoms with van der Waals surface area (Å²) in [5, 5.41) is 0. The average Bonchev–Trinajstić information content (AvgIpc) is 2.40. The molecular formula is C15H31N5O4S. The number of hydrogen-bond acceptors (Lipinski definition) is 5. The van der Waals surface area contributed by atoms with Gasteiger partial charge in [0.2, 0.25) is 10.0 Å². The van der Waals surface area contributed by atoms with Crippen LogP contribution in [0.5, 0.6) is 0 Å². The lowest BCUT2D eigenvalue weighted by molar-refractivity contribution is 0.0186. The fraction of sp³-hybridized carbons (Fsp3) is 0.867. The van der Waals surface area contributed by atoms with Crippen molar-refractivity contribution in [3.63, 3.8) is 0 Å². The Morgan fingerprint density at radius 3 is 2.04 bits per heavy atom. The van der Waals surface area contributed by atoms with Gasteiger partial charge in [-0.25, -0.2) is 17.9 Å². The topological polar surface area (TPSA) is 117 Å². The van der Waals surface area contributed by atoms with Gasteiger partial charge in [0.25, 0.3) is 0 Å². The molecular weight excluding hydrogens is 346 g/mol. The Bertz CT molecular complexity index is 602. The first kappa shape index (κ1) is 21.5. The van der Waals surface area contributed by atoms with Crippen molar-refractivity contribution in [3.8, 4) is 0 Å². The predicted molar refractivity (Wildman–Crippen MR) is 97.9 cm³/mol. The highest BCUT2D eigenvalue weighted by molar-refractivity contribution is 7.88. The van der Waals surface area contributed by atoms with E-state index in [0.29, 0.717) is 32.1 Å². The molecule has 1 fully saturated rings. The third-order valence-electron chi connectivity index (χ3n) is 3.35. The van der Waals surface area contributed by atoms with Crippen LogP contribution in [0, 0.1) is 0 Å². The molecule has 1 aliphatic rings. The summed E-state index contributed by atoms with van der Waals surface area (Å²) < 4.78 is 30.6. The van der Waals surface area contributed by atoms with Crippen LogP contribution in [0.15, 0.2) is 4.99 Å². The molecule has 1 saturated heterocycles. The van der Waals surface area contributed by atoms with E-state index in [0.717, 1.165) is 6.26 Å². The number of aliphatic imine (C=N–C) groups is 1. The van der Waals surface area contributed by atoms with Gasteiger partial charge in [0.15, 0.2) is 5.96 Å². The van der Waals surface area contributed by atoms with Crippen molar-refractivity contribution < 1.29 is 17.9 Å². The molecule has 0 saturated carbocycles. The number of carbonyl (C=O) groups is 1. The fourth-order valence-electron chi connectivity index (χ4n) is 2.36. The van der Waals surface area contributed by atoms with Crippen LogP contribution in [-0.2, 0) is 14.8 Å². The number of nitrogens with two attached hydrogens (primary N) is 1. The molecule has 0 aromatic carbocycles. The van der Waals surface area contributed by atoms with Crippen molar-refractivity contribution in [2.75, 3.05) is 39.0 Å². The normalized spacial score (nSPS) is 17.6. The van der Waals surface area contributed by atoms with Crippen LogP contribution in [-0.4, -0.2) is 80.4 Å². The number of ether oxygens (including phenoxy) is 1. The number of rotatable bonds is 4. The molecule has 0 unspecified atom stereocenters. The van der Waals surface area contributed by atoms with Gasteiger partial charge in [0, 0.05) is 31.7 Å². The van der Waals surface area contributed by atoms with Crippen LogP contribution in [0.25, 0.3) is 0 Å². The minimum atomic E-state index is -3.32. The number of nitrogens with one attached hydrogen (secondary N) is 1. The quantitative estimate of drug-likeness (QED) is 0.533. The van der Waals surface area contributed by atoms with Gasteiger partial charge in [-0.2, -0.15) is 0 Å². The molecule has 1 rings (SSSR count). The number of guanidine groups is 1. The zero-order valence-electron chi connectivity index (χ0n) is 16.0. The molecule has 0 spiro atoms. The van der Waals surface area contributed by atoms with Crippen LogP contribution in [0.2, 0.25) is 0 Å². The zero-order valence-corrected chi connectivity index (χ0v) is 16.8. The van der Waals surface area contributed by atoms with Gasteiger partial charge in [-0.1, -0.05) is 0 Å². The molecule has 0 bridgehead atoms. The number of amides is 1. The monoisotopic (exact) mass is 377 g/mol. The first-order valence-electron chi connectivity index (χ1n) is 8.20. The Kier molecular flexibility index (Phi) is 6.68. The average molecular weight is 378 g/mol. The van der Waals surface area contributed by atoms with E-state index >= 15 is 0 Å². The summed E-state index contributed by atoms with van der Waals surface area (Å²) in [4.78, 5) is 19.8. The number of nitrogens with zero attached hydrogens (tertiary/aromatic N) is 3. The van der Waals surface area contributed by atoms with Crippen molar-refractivity contribution in [1.82, 2.24) is 14.5 Å².